The summed E-state index contributed by atoms with van der Waals surface area (Å²) < 4.78 is 35.6. The van der Waals surface area contributed by atoms with Crippen LogP contribution in [-0.2, 0) is 17.1 Å². The van der Waals surface area contributed by atoms with Crippen LogP contribution < -0.4 is 9.46 Å². The number of para-hydroxylation sites is 1. The quantitative estimate of drug-likeness (QED) is 0.469. The minimum atomic E-state index is -3.92. The fraction of sp³-hybridized carbons (Fsp3) is 0.174. The summed E-state index contributed by atoms with van der Waals surface area (Å²) in [6.45, 7) is 5.88. The third-order valence-electron chi connectivity index (χ3n) is 4.97. The number of hydrogen-bond donors (Lipinski definition) is 1. The van der Waals surface area contributed by atoms with Crippen molar-refractivity contribution in [1.82, 2.24) is 19.7 Å². The third-order valence-corrected chi connectivity index (χ3v) is 6.25. The van der Waals surface area contributed by atoms with Crippen LogP contribution in [0.1, 0.15) is 16.7 Å². The molecular weight excluding hydrogens is 426 g/mol. The molecule has 2 aromatic heterocycles. The fourth-order valence-corrected chi connectivity index (χ4v) is 4.30. The summed E-state index contributed by atoms with van der Waals surface area (Å²) in [5.41, 5.74) is 4.39. The van der Waals surface area contributed by atoms with Gasteiger partial charge < -0.3 is 4.74 Å². The highest BCUT2D eigenvalue weighted by Gasteiger charge is 2.20. The molecule has 8 nitrogen and oxygen atoms in total. The Balaban J connectivity index is 1.81. The Morgan fingerprint density at radius 3 is 2.28 bits per heavy atom. The molecule has 4 aromatic rings. The molecule has 2 heterocycles. The lowest BCUT2D eigenvalue weighted by Crippen LogP contribution is -2.15. The maximum Gasteiger partial charge on any atom is 0.267 e. The zero-order valence-corrected chi connectivity index (χ0v) is 19.0. The van der Waals surface area contributed by atoms with Gasteiger partial charge >= 0.3 is 0 Å². The first kappa shape index (κ1) is 21.5. The van der Waals surface area contributed by atoms with Gasteiger partial charge in [-0.05, 0) is 43.5 Å². The Bertz CT molecular complexity index is 1380. The summed E-state index contributed by atoms with van der Waals surface area (Å²) in [6, 6.07) is 15.2. The highest BCUT2D eigenvalue weighted by atomic mass is 32.2. The average Bonchev–Trinajstić information content (AvgIpc) is 3.17. The van der Waals surface area contributed by atoms with Gasteiger partial charge in [0.15, 0.2) is 0 Å². The number of rotatable bonds is 6. The lowest BCUT2D eigenvalue weighted by atomic mass is 10.00. The summed E-state index contributed by atoms with van der Waals surface area (Å²) in [6.07, 6.45) is 2.67. The largest absolute Gasteiger partial charge is 0.439 e. The number of benzene rings is 2. The van der Waals surface area contributed by atoms with Crippen LogP contribution in [0.15, 0.2) is 65.8 Å². The fourth-order valence-electron chi connectivity index (χ4n) is 3.37. The van der Waals surface area contributed by atoms with Crippen molar-refractivity contribution in [1.29, 1.82) is 0 Å². The van der Waals surface area contributed by atoms with Crippen LogP contribution in [-0.4, -0.2) is 28.2 Å². The molecule has 0 amide bonds. The van der Waals surface area contributed by atoms with Crippen molar-refractivity contribution in [3.8, 4) is 22.9 Å². The summed E-state index contributed by atoms with van der Waals surface area (Å²) in [7, 11) is -2.28. The van der Waals surface area contributed by atoms with E-state index in [9.17, 15) is 8.42 Å². The molecule has 0 atom stereocenters. The van der Waals surface area contributed by atoms with Gasteiger partial charge in [0.1, 0.15) is 10.6 Å². The van der Waals surface area contributed by atoms with Crippen molar-refractivity contribution < 1.29 is 13.2 Å². The molecule has 0 saturated carbocycles. The minimum absolute atomic E-state index is 0.0162. The topological polar surface area (TPSA) is 99.0 Å². The highest BCUT2D eigenvalue weighted by Crippen LogP contribution is 2.31. The van der Waals surface area contributed by atoms with Crippen LogP contribution in [0.4, 0.5) is 5.95 Å². The summed E-state index contributed by atoms with van der Waals surface area (Å²) in [4.78, 5) is 8.84. The number of aromatic nitrogens is 4. The van der Waals surface area contributed by atoms with E-state index >= 15 is 0 Å². The predicted octanol–water partition coefficient (Wildman–Crippen LogP) is 4.40. The molecular formula is C23H23N5O3S. The molecule has 164 valence electrons. The maximum atomic E-state index is 12.8. The van der Waals surface area contributed by atoms with Gasteiger partial charge in [0.25, 0.3) is 10.0 Å². The molecule has 0 spiro atoms. The number of sulfonamides is 1. The zero-order chi connectivity index (χ0) is 22.9. The summed E-state index contributed by atoms with van der Waals surface area (Å²) in [5, 5.41) is 3.93. The van der Waals surface area contributed by atoms with Crippen molar-refractivity contribution in [2.24, 2.45) is 7.05 Å². The van der Waals surface area contributed by atoms with Crippen molar-refractivity contribution >= 4 is 16.0 Å². The van der Waals surface area contributed by atoms with Crippen molar-refractivity contribution in [3.05, 3.63) is 77.6 Å². The lowest BCUT2D eigenvalue weighted by Gasteiger charge is -2.14. The van der Waals surface area contributed by atoms with E-state index in [0.29, 0.717) is 11.4 Å². The number of nitrogens with zero attached hydrogens (tertiary/aromatic N) is 4. The molecule has 0 saturated heterocycles. The monoisotopic (exact) mass is 449 g/mol. The number of aryl methyl sites for hydroxylation is 4. The van der Waals surface area contributed by atoms with Crippen LogP contribution >= 0.6 is 0 Å². The second kappa shape index (κ2) is 8.43. The first-order valence-corrected chi connectivity index (χ1v) is 11.4. The van der Waals surface area contributed by atoms with E-state index in [1.807, 2.05) is 63.2 Å². The van der Waals surface area contributed by atoms with E-state index in [0.717, 1.165) is 22.3 Å². The molecule has 0 radical (unpaired) electrons. The molecule has 9 heteroatoms. The smallest absolute Gasteiger partial charge is 0.267 e. The van der Waals surface area contributed by atoms with Gasteiger partial charge in [-0.25, -0.2) is 18.1 Å². The van der Waals surface area contributed by atoms with Gasteiger partial charge in [0.05, 0.1) is 11.9 Å². The first-order valence-electron chi connectivity index (χ1n) is 9.93. The van der Waals surface area contributed by atoms with Crippen molar-refractivity contribution in [3.63, 3.8) is 0 Å². The van der Waals surface area contributed by atoms with E-state index < -0.39 is 10.0 Å². The Morgan fingerprint density at radius 1 is 0.938 bits per heavy atom. The molecule has 0 bridgehead atoms. The minimum Gasteiger partial charge on any atom is -0.439 e. The highest BCUT2D eigenvalue weighted by molar-refractivity contribution is 7.92. The molecule has 2 aromatic carbocycles. The van der Waals surface area contributed by atoms with E-state index in [2.05, 4.69) is 19.8 Å². The Morgan fingerprint density at radius 2 is 1.62 bits per heavy atom. The SMILES string of the molecule is Cc1ccccc1Oc1cc(-c2c(C)cccc2C)nc(NS(=O)(=O)c2cnn(C)c2)n1. The van der Waals surface area contributed by atoms with Gasteiger partial charge in [-0.2, -0.15) is 10.1 Å². The van der Waals surface area contributed by atoms with Crippen LogP contribution in [0.3, 0.4) is 0 Å². The molecule has 0 unspecified atom stereocenters. The standard InChI is InChI=1S/C23H23N5O3S/c1-15-8-5-6-11-20(15)31-21-12-19(22-16(2)9-7-10-17(22)3)25-23(26-21)27-32(29,30)18-13-24-28(4)14-18/h5-14H,1-4H3,(H,25,26,27). The van der Waals surface area contributed by atoms with Crippen LogP contribution in [0.25, 0.3) is 11.3 Å². The van der Waals surface area contributed by atoms with Gasteiger partial charge in [-0.3, -0.25) is 4.68 Å². The summed E-state index contributed by atoms with van der Waals surface area (Å²) >= 11 is 0. The van der Waals surface area contributed by atoms with Crippen molar-refractivity contribution in [2.75, 3.05) is 4.72 Å². The van der Waals surface area contributed by atoms with Crippen LogP contribution in [0.2, 0.25) is 0 Å². The van der Waals surface area contributed by atoms with Crippen LogP contribution in [0, 0.1) is 20.8 Å². The molecule has 0 aliphatic rings. The van der Waals surface area contributed by atoms with Gasteiger partial charge in [0, 0.05) is 24.9 Å². The van der Waals surface area contributed by atoms with Crippen LogP contribution in [0.5, 0.6) is 11.6 Å². The maximum absolute atomic E-state index is 12.8. The van der Waals surface area contributed by atoms with E-state index in [1.54, 1.807) is 13.1 Å². The normalized spacial score (nSPS) is 11.4. The first-order chi connectivity index (χ1) is 15.2. The molecule has 0 aliphatic carbocycles. The molecule has 0 aliphatic heterocycles. The summed E-state index contributed by atoms with van der Waals surface area (Å²) in [5.74, 6) is 0.771. The number of hydrogen-bond acceptors (Lipinski definition) is 6. The van der Waals surface area contributed by atoms with E-state index in [1.165, 1.54) is 17.1 Å². The third kappa shape index (κ3) is 4.47. The Hall–Kier alpha value is -3.72. The predicted molar refractivity (Wildman–Crippen MR) is 122 cm³/mol. The van der Waals surface area contributed by atoms with Gasteiger partial charge in [0.2, 0.25) is 11.8 Å². The Kier molecular flexibility index (Phi) is 5.67. The second-order valence-corrected chi connectivity index (χ2v) is 9.19. The van der Waals surface area contributed by atoms with Gasteiger partial charge in [-0.1, -0.05) is 36.4 Å². The number of anilines is 1. The number of nitrogens with one attached hydrogen (secondary N) is 1. The molecule has 0 fully saturated rings. The number of ether oxygens (including phenoxy) is 1. The average molecular weight is 450 g/mol. The lowest BCUT2D eigenvalue weighted by molar-refractivity contribution is 0.459. The molecule has 32 heavy (non-hydrogen) atoms. The molecule has 1 N–H and O–H groups in total. The Labute approximate surface area is 187 Å². The van der Waals surface area contributed by atoms with Gasteiger partial charge in [-0.15, -0.1) is 0 Å². The van der Waals surface area contributed by atoms with E-state index in [4.69, 9.17) is 4.74 Å². The second-order valence-electron chi connectivity index (χ2n) is 7.50. The molecule has 4 rings (SSSR count). The zero-order valence-electron chi connectivity index (χ0n) is 18.2. The van der Waals surface area contributed by atoms with Crippen molar-refractivity contribution in [2.45, 2.75) is 25.7 Å². The van der Waals surface area contributed by atoms with E-state index in [-0.39, 0.29) is 16.7 Å².